The fraction of sp³-hybridized carbons (Fsp3) is 1.00. The van der Waals surface area contributed by atoms with E-state index in [1.54, 1.807) is 0 Å². The molecule has 24 heavy (non-hydrogen) atoms. The molecule has 3 rings (SSSR count). The molecule has 0 N–H and O–H groups in total. The van der Waals surface area contributed by atoms with Gasteiger partial charge in [0.2, 0.25) is 0 Å². The Morgan fingerprint density at radius 2 is 1.75 bits per heavy atom. The molecule has 1 heterocycles. The number of hydrogen-bond acceptors (Lipinski definition) is 4. The number of hydrogen-bond donors (Lipinski definition) is 0. The van der Waals surface area contributed by atoms with E-state index in [2.05, 4.69) is 7.12 Å². The lowest BCUT2D eigenvalue weighted by atomic mass is 9.82. The number of alkyl halides is 4. The molecule has 2 radical (unpaired) electrons. The molecule has 0 amide bonds. The van der Waals surface area contributed by atoms with E-state index in [0.29, 0.717) is 13.0 Å². The molecule has 3 aliphatic rings. The summed E-state index contributed by atoms with van der Waals surface area (Å²) in [6.45, 7) is 0.590. The van der Waals surface area contributed by atoms with Crippen LogP contribution in [-0.2, 0) is 19.2 Å². The number of fused-ring (bicyclic) bond motifs is 2. The Morgan fingerprint density at radius 3 is 2.25 bits per heavy atom. The first-order valence-corrected chi connectivity index (χ1v) is 9.63. The maximum Gasteiger partial charge on any atom is 0.396 e. The average molecular weight is 370 g/mol. The van der Waals surface area contributed by atoms with Crippen molar-refractivity contribution in [2.75, 3.05) is 6.61 Å². The highest BCUT2D eigenvalue weighted by molar-refractivity contribution is 8.13. The van der Waals surface area contributed by atoms with Crippen molar-refractivity contribution in [1.82, 2.24) is 0 Å². The van der Waals surface area contributed by atoms with Gasteiger partial charge in [0.1, 0.15) is 0 Å². The summed E-state index contributed by atoms with van der Waals surface area (Å²) in [6, 6.07) is 0. The molecular weight excluding hydrogens is 351 g/mol. The number of ether oxygens (including phenoxy) is 2. The first kappa shape index (κ1) is 18.4. The standard InChI is InChI=1S/C14H19BF4O4S/c15-24(20,21)14(18,19)13(16,17)10-6-9-5-8(10)7-11(9)23-12-3-1-2-4-22-12/h8-12H,1-7H2. The minimum absolute atomic E-state index is 0.194. The number of halogens is 4. The van der Waals surface area contributed by atoms with E-state index in [1.165, 1.54) is 0 Å². The Hall–Kier alpha value is -0.345. The molecule has 0 aromatic heterocycles. The quantitative estimate of drug-likeness (QED) is 0.552. The van der Waals surface area contributed by atoms with Crippen LogP contribution in [0.5, 0.6) is 0 Å². The molecular formula is C14H19BF4O4S. The van der Waals surface area contributed by atoms with Gasteiger partial charge in [-0.1, -0.05) is 0 Å². The fourth-order valence-electron chi connectivity index (χ4n) is 4.25. The predicted octanol–water partition coefficient (Wildman–Crippen LogP) is 2.67. The molecule has 0 spiro atoms. The fourth-order valence-corrected chi connectivity index (χ4v) is 4.78. The zero-order valence-corrected chi connectivity index (χ0v) is 13.8. The summed E-state index contributed by atoms with van der Waals surface area (Å²) in [5.74, 6) is -7.38. The zero-order chi connectivity index (χ0) is 17.8. The van der Waals surface area contributed by atoms with Gasteiger partial charge in [0.15, 0.2) is 16.0 Å². The van der Waals surface area contributed by atoms with Crippen LogP contribution in [-0.4, -0.2) is 45.7 Å². The van der Waals surface area contributed by atoms with E-state index < -0.39 is 32.7 Å². The molecule has 5 atom stereocenters. The topological polar surface area (TPSA) is 52.6 Å². The third-order valence-electron chi connectivity index (χ3n) is 5.47. The van der Waals surface area contributed by atoms with Crippen molar-refractivity contribution >= 4 is 16.8 Å². The van der Waals surface area contributed by atoms with Crippen LogP contribution in [0, 0.1) is 17.8 Å². The SMILES string of the molecule is [B]S(=O)(=O)C(F)(F)C(F)(F)C1CC2CC1CC2OC1CCCCO1. The van der Waals surface area contributed by atoms with E-state index in [1.807, 2.05) is 0 Å². The van der Waals surface area contributed by atoms with Crippen LogP contribution in [0.25, 0.3) is 0 Å². The largest absolute Gasteiger partial charge is 0.396 e. The van der Waals surface area contributed by atoms with Crippen LogP contribution in [0.15, 0.2) is 0 Å². The lowest BCUT2D eigenvalue weighted by Crippen LogP contribution is -2.53. The monoisotopic (exact) mass is 370 g/mol. The predicted molar refractivity (Wildman–Crippen MR) is 77.4 cm³/mol. The minimum atomic E-state index is -5.69. The smallest absolute Gasteiger partial charge is 0.353 e. The first-order valence-electron chi connectivity index (χ1n) is 8.09. The first-order chi connectivity index (χ1) is 11.0. The van der Waals surface area contributed by atoms with Gasteiger partial charge in [-0.2, -0.15) is 17.6 Å². The second-order valence-corrected chi connectivity index (χ2v) is 8.59. The molecule has 1 aliphatic heterocycles. The van der Waals surface area contributed by atoms with Gasteiger partial charge in [-0.25, -0.2) is 8.42 Å². The van der Waals surface area contributed by atoms with Crippen molar-refractivity contribution in [2.24, 2.45) is 17.8 Å². The Balaban J connectivity index is 1.66. The second-order valence-electron chi connectivity index (χ2n) is 6.99. The lowest BCUT2D eigenvalue weighted by molar-refractivity contribution is -0.220. The summed E-state index contributed by atoms with van der Waals surface area (Å²) in [5.41, 5.74) is 0. The van der Waals surface area contributed by atoms with Crippen LogP contribution in [0.3, 0.4) is 0 Å². The molecule has 5 unspecified atom stereocenters. The van der Waals surface area contributed by atoms with Gasteiger partial charge in [-0.15, -0.1) is 0 Å². The van der Waals surface area contributed by atoms with E-state index in [4.69, 9.17) is 9.47 Å². The van der Waals surface area contributed by atoms with Gasteiger partial charge in [-0.3, -0.25) is 0 Å². The van der Waals surface area contributed by atoms with Crippen molar-refractivity contribution in [3.8, 4) is 0 Å². The van der Waals surface area contributed by atoms with Gasteiger partial charge >= 0.3 is 11.2 Å². The minimum Gasteiger partial charge on any atom is -0.353 e. The Morgan fingerprint density at radius 1 is 1.04 bits per heavy atom. The van der Waals surface area contributed by atoms with E-state index in [0.717, 1.165) is 19.3 Å². The molecule has 1 saturated heterocycles. The molecule has 2 aliphatic carbocycles. The maximum absolute atomic E-state index is 14.2. The van der Waals surface area contributed by atoms with Crippen molar-refractivity contribution < 1.29 is 35.5 Å². The van der Waals surface area contributed by atoms with Crippen LogP contribution < -0.4 is 0 Å². The molecule has 2 bridgehead atoms. The van der Waals surface area contributed by atoms with Gasteiger partial charge in [-0.05, 0) is 50.4 Å². The summed E-state index contributed by atoms with van der Waals surface area (Å²) in [7, 11) is -1.37. The molecule has 10 heteroatoms. The van der Waals surface area contributed by atoms with Gasteiger partial charge < -0.3 is 9.47 Å². The third-order valence-corrected chi connectivity index (χ3v) is 6.45. The highest BCUT2D eigenvalue weighted by atomic mass is 32.2. The van der Waals surface area contributed by atoms with E-state index >= 15 is 0 Å². The van der Waals surface area contributed by atoms with Gasteiger partial charge in [0.25, 0.3) is 7.12 Å². The van der Waals surface area contributed by atoms with Crippen LogP contribution in [0.4, 0.5) is 17.6 Å². The van der Waals surface area contributed by atoms with Crippen molar-refractivity contribution in [3.63, 3.8) is 0 Å². The van der Waals surface area contributed by atoms with Crippen molar-refractivity contribution in [2.45, 2.75) is 62.1 Å². The van der Waals surface area contributed by atoms with Crippen molar-refractivity contribution in [3.05, 3.63) is 0 Å². The lowest BCUT2D eigenvalue weighted by Gasteiger charge is -2.37. The molecule has 0 aromatic rings. The Kier molecular flexibility index (Phi) is 4.71. The molecule has 136 valence electrons. The Labute approximate surface area is 139 Å². The molecule has 2 saturated carbocycles. The Bertz CT molecular complexity index is 579. The summed E-state index contributed by atoms with van der Waals surface area (Å²) < 4.78 is 88.7. The highest BCUT2D eigenvalue weighted by Gasteiger charge is 2.70. The van der Waals surface area contributed by atoms with Crippen molar-refractivity contribution in [1.29, 1.82) is 0 Å². The van der Waals surface area contributed by atoms with Crippen LogP contribution in [0.2, 0.25) is 0 Å². The van der Waals surface area contributed by atoms with Crippen LogP contribution in [0.1, 0.15) is 38.5 Å². The normalized spacial score (nSPS) is 37.8. The molecule has 4 nitrogen and oxygen atoms in total. The summed E-state index contributed by atoms with van der Waals surface area (Å²) in [4.78, 5) is 0. The summed E-state index contributed by atoms with van der Waals surface area (Å²) in [5, 5.41) is -5.27. The van der Waals surface area contributed by atoms with Gasteiger partial charge in [0.05, 0.1) is 6.10 Å². The molecule has 0 aromatic carbocycles. The van der Waals surface area contributed by atoms with E-state index in [-0.39, 0.29) is 31.2 Å². The van der Waals surface area contributed by atoms with Gasteiger partial charge in [0, 0.05) is 12.5 Å². The molecule has 3 fully saturated rings. The third kappa shape index (κ3) is 2.98. The average Bonchev–Trinajstić information content (AvgIpc) is 3.07. The maximum atomic E-state index is 14.2. The highest BCUT2D eigenvalue weighted by Crippen LogP contribution is 2.58. The second kappa shape index (κ2) is 6.12. The van der Waals surface area contributed by atoms with E-state index in [9.17, 15) is 26.0 Å². The van der Waals surface area contributed by atoms with Crippen LogP contribution >= 0.6 is 0 Å². The summed E-state index contributed by atoms with van der Waals surface area (Å²) in [6.07, 6.45) is 2.34. The number of rotatable bonds is 5. The zero-order valence-electron chi connectivity index (χ0n) is 13.0. The summed E-state index contributed by atoms with van der Waals surface area (Å²) >= 11 is 0.